The highest BCUT2D eigenvalue weighted by molar-refractivity contribution is 5.93. The number of aromatic nitrogens is 2. The molecule has 2 aromatic rings. The van der Waals surface area contributed by atoms with Gasteiger partial charge in [-0.3, -0.25) is 9.20 Å². The number of nitrogens with two attached hydrogens (primary N) is 1. The standard InChI is InChI=1S/C14H16N5O/c1-16-11-7-10(15)8-19-9-12(17-13(11)19)14(20)18-5-3-2-4-6-18/h1,7-9H,2-6,15H2/q+1. The van der Waals surface area contributed by atoms with Gasteiger partial charge < -0.3 is 10.6 Å². The minimum atomic E-state index is -0.0463. The Bertz CT molecular complexity index is 706. The molecule has 0 bridgehead atoms. The molecule has 3 rings (SSSR count). The van der Waals surface area contributed by atoms with Gasteiger partial charge in [-0.2, -0.15) is 0 Å². The smallest absolute Gasteiger partial charge is 0.384 e. The number of piperidine rings is 1. The van der Waals surface area contributed by atoms with Gasteiger partial charge in [-0.15, -0.1) is 0 Å². The SMILES string of the molecule is C#[N+]c1cc(N)cn2cc(C(=O)N3CCCCC3)nc12. The van der Waals surface area contributed by atoms with Gasteiger partial charge in [-0.1, -0.05) is 0 Å². The highest BCUT2D eigenvalue weighted by Gasteiger charge is 2.23. The van der Waals surface area contributed by atoms with E-state index in [-0.39, 0.29) is 5.91 Å². The normalized spacial score (nSPS) is 15.2. The molecule has 3 heterocycles. The second-order valence-electron chi connectivity index (χ2n) is 5.00. The number of pyridine rings is 1. The number of rotatable bonds is 1. The Morgan fingerprint density at radius 2 is 2.05 bits per heavy atom. The van der Waals surface area contributed by atoms with E-state index in [0.29, 0.717) is 22.7 Å². The zero-order chi connectivity index (χ0) is 14.1. The third-order valence-corrected chi connectivity index (χ3v) is 3.55. The molecule has 0 radical (unpaired) electrons. The number of nitrogens with zero attached hydrogens (tertiary/aromatic N) is 4. The fourth-order valence-corrected chi connectivity index (χ4v) is 2.56. The van der Waals surface area contributed by atoms with Crippen LogP contribution in [0, 0.1) is 6.57 Å². The van der Waals surface area contributed by atoms with Crippen LogP contribution in [-0.2, 0) is 0 Å². The molecular formula is C14H16N5O+. The van der Waals surface area contributed by atoms with Crippen LogP contribution in [0.5, 0.6) is 0 Å². The first-order chi connectivity index (χ1) is 9.69. The van der Waals surface area contributed by atoms with Crippen molar-refractivity contribution in [2.24, 2.45) is 0 Å². The Kier molecular flexibility index (Phi) is 3.03. The van der Waals surface area contributed by atoms with Crippen LogP contribution >= 0.6 is 0 Å². The van der Waals surface area contributed by atoms with Crippen molar-refractivity contribution in [3.63, 3.8) is 0 Å². The summed E-state index contributed by atoms with van der Waals surface area (Å²) in [4.78, 5) is 22.3. The minimum absolute atomic E-state index is 0.0463. The summed E-state index contributed by atoms with van der Waals surface area (Å²) < 4.78 is 1.69. The number of hydrogen-bond acceptors (Lipinski definition) is 3. The lowest BCUT2D eigenvalue weighted by molar-refractivity contribution is 0.0719. The predicted octanol–water partition coefficient (Wildman–Crippen LogP) is 2.14. The lowest BCUT2D eigenvalue weighted by Gasteiger charge is -2.25. The maximum Gasteiger partial charge on any atom is 0.384 e. The molecule has 102 valence electrons. The van der Waals surface area contributed by atoms with Crippen molar-refractivity contribution in [3.8, 4) is 6.57 Å². The van der Waals surface area contributed by atoms with Gasteiger partial charge in [-0.25, -0.2) is 4.98 Å². The molecule has 0 spiro atoms. The van der Waals surface area contributed by atoms with Crippen molar-refractivity contribution in [1.29, 1.82) is 0 Å². The number of fused-ring (bicyclic) bond motifs is 1. The van der Waals surface area contributed by atoms with Crippen molar-refractivity contribution < 1.29 is 4.79 Å². The third kappa shape index (κ3) is 2.07. The van der Waals surface area contributed by atoms with E-state index in [1.54, 1.807) is 22.9 Å². The van der Waals surface area contributed by atoms with Crippen molar-refractivity contribution in [2.45, 2.75) is 19.3 Å². The zero-order valence-corrected chi connectivity index (χ0v) is 11.1. The quantitative estimate of drug-likeness (QED) is 0.863. The van der Waals surface area contributed by atoms with Crippen LogP contribution < -0.4 is 5.73 Å². The zero-order valence-electron chi connectivity index (χ0n) is 11.1. The summed E-state index contributed by atoms with van der Waals surface area (Å²) in [6.45, 7) is 6.92. The number of likely N-dealkylation sites (tertiary alicyclic amines) is 1. The van der Waals surface area contributed by atoms with Gasteiger partial charge in [0.2, 0.25) is 5.65 Å². The number of imidazole rings is 1. The van der Waals surface area contributed by atoms with E-state index < -0.39 is 0 Å². The molecule has 1 saturated heterocycles. The summed E-state index contributed by atoms with van der Waals surface area (Å²) in [5.41, 5.74) is 7.72. The average Bonchev–Trinajstić information content (AvgIpc) is 2.90. The molecule has 1 aliphatic heterocycles. The Balaban J connectivity index is 2.00. The summed E-state index contributed by atoms with van der Waals surface area (Å²) in [5.74, 6) is -0.0463. The number of amides is 1. The molecule has 0 saturated carbocycles. The van der Waals surface area contributed by atoms with Gasteiger partial charge in [-0.05, 0) is 24.1 Å². The molecule has 6 nitrogen and oxygen atoms in total. The summed E-state index contributed by atoms with van der Waals surface area (Å²) in [7, 11) is 0. The molecule has 0 aliphatic carbocycles. The molecule has 2 N–H and O–H groups in total. The summed E-state index contributed by atoms with van der Waals surface area (Å²) in [6.07, 6.45) is 6.66. The van der Waals surface area contributed by atoms with Crippen LogP contribution in [0.15, 0.2) is 18.5 Å². The highest BCUT2D eigenvalue weighted by Crippen LogP contribution is 2.23. The van der Waals surface area contributed by atoms with Crippen molar-refractivity contribution >= 4 is 22.9 Å². The lowest BCUT2D eigenvalue weighted by Crippen LogP contribution is -2.35. The van der Waals surface area contributed by atoms with Crippen LogP contribution in [0.3, 0.4) is 0 Å². The largest absolute Gasteiger partial charge is 0.397 e. The van der Waals surface area contributed by atoms with Crippen LogP contribution in [0.2, 0.25) is 0 Å². The van der Waals surface area contributed by atoms with Gasteiger partial charge >= 0.3 is 5.69 Å². The predicted molar refractivity (Wildman–Crippen MR) is 77.3 cm³/mol. The summed E-state index contributed by atoms with van der Waals surface area (Å²) in [5, 5.41) is 0. The van der Waals surface area contributed by atoms with E-state index in [1.807, 2.05) is 4.90 Å². The van der Waals surface area contributed by atoms with Crippen molar-refractivity contribution in [3.05, 3.63) is 29.0 Å². The number of carbonyl (C=O) groups excluding carboxylic acids is 1. The van der Waals surface area contributed by atoms with Gasteiger partial charge in [0.05, 0.1) is 11.8 Å². The molecule has 2 aromatic heterocycles. The Morgan fingerprint density at radius 1 is 1.30 bits per heavy atom. The first-order valence-electron chi connectivity index (χ1n) is 6.67. The van der Waals surface area contributed by atoms with E-state index in [2.05, 4.69) is 9.83 Å². The monoisotopic (exact) mass is 270 g/mol. The first kappa shape index (κ1) is 12.5. The summed E-state index contributed by atoms with van der Waals surface area (Å²) >= 11 is 0. The number of carbonyl (C=O) groups is 1. The number of hydrogen-bond donors (Lipinski definition) is 1. The van der Waals surface area contributed by atoms with Gasteiger partial charge in [0.25, 0.3) is 12.5 Å². The van der Waals surface area contributed by atoms with Crippen LogP contribution in [0.25, 0.3) is 10.5 Å². The maximum absolute atomic E-state index is 12.4. The molecule has 1 fully saturated rings. The van der Waals surface area contributed by atoms with Crippen molar-refractivity contribution in [2.75, 3.05) is 18.8 Å². The Hall–Kier alpha value is -2.55. The molecule has 1 amide bonds. The Morgan fingerprint density at radius 3 is 2.75 bits per heavy atom. The third-order valence-electron chi connectivity index (χ3n) is 3.55. The number of anilines is 1. The molecule has 20 heavy (non-hydrogen) atoms. The topological polar surface area (TPSA) is 68.0 Å². The van der Waals surface area contributed by atoms with E-state index >= 15 is 0 Å². The molecular weight excluding hydrogens is 254 g/mol. The lowest BCUT2D eigenvalue weighted by atomic mass is 10.1. The maximum atomic E-state index is 12.4. The molecule has 6 heteroatoms. The van der Waals surface area contributed by atoms with E-state index in [4.69, 9.17) is 12.3 Å². The highest BCUT2D eigenvalue weighted by atomic mass is 16.2. The van der Waals surface area contributed by atoms with Crippen LogP contribution in [-0.4, -0.2) is 33.3 Å². The average molecular weight is 270 g/mol. The van der Waals surface area contributed by atoms with E-state index in [0.717, 1.165) is 25.9 Å². The second-order valence-corrected chi connectivity index (χ2v) is 5.00. The van der Waals surface area contributed by atoms with Gasteiger partial charge in [0.15, 0.2) is 0 Å². The van der Waals surface area contributed by atoms with E-state index in [9.17, 15) is 4.79 Å². The minimum Gasteiger partial charge on any atom is -0.397 e. The molecule has 0 unspecified atom stereocenters. The molecule has 1 aliphatic rings. The van der Waals surface area contributed by atoms with Crippen LogP contribution in [0.4, 0.5) is 11.4 Å². The molecule has 0 aromatic carbocycles. The summed E-state index contributed by atoms with van der Waals surface area (Å²) in [6, 6.07) is 1.64. The van der Waals surface area contributed by atoms with Crippen LogP contribution in [0.1, 0.15) is 29.8 Å². The first-order valence-corrected chi connectivity index (χ1v) is 6.67. The fourth-order valence-electron chi connectivity index (χ4n) is 2.56. The van der Waals surface area contributed by atoms with Crippen molar-refractivity contribution in [1.82, 2.24) is 14.3 Å². The number of nitrogen functional groups attached to an aromatic ring is 1. The molecule has 0 atom stereocenters. The van der Waals surface area contributed by atoms with E-state index in [1.165, 1.54) is 6.42 Å². The van der Waals surface area contributed by atoms with Gasteiger partial charge in [0.1, 0.15) is 5.69 Å². The fraction of sp³-hybridized carbons (Fsp3) is 0.357. The second kappa shape index (κ2) is 4.85. The van der Waals surface area contributed by atoms with Gasteiger partial charge in [0, 0.05) is 25.5 Å². The Labute approximate surface area is 116 Å².